The van der Waals surface area contributed by atoms with E-state index in [0.717, 1.165) is 24.0 Å². The van der Waals surface area contributed by atoms with Crippen LogP contribution in [0.2, 0.25) is 0 Å². The second kappa shape index (κ2) is 7.05. The lowest BCUT2D eigenvalue weighted by Crippen LogP contribution is -2.40. The summed E-state index contributed by atoms with van der Waals surface area (Å²) in [5.74, 6) is 2.27. The van der Waals surface area contributed by atoms with Gasteiger partial charge in [-0.25, -0.2) is 0 Å². The highest BCUT2D eigenvalue weighted by atomic mass is 32.2. The van der Waals surface area contributed by atoms with Crippen LogP contribution >= 0.6 is 11.8 Å². The molecule has 18 heavy (non-hydrogen) atoms. The summed E-state index contributed by atoms with van der Waals surface area (Å²) in [5, 5.41) is 4.46. The predicted octanol–water partition coefficient (Wildman–Crippen LogP) is 3.11. The van der Waals surface area contributed by atoms with Crippen LogP contribution in [0.4, 0.5) is 0 Å². The van der Waals surface area contributed by atoms with Gasteiger partial charge in [-0.05, 0) is 49.3 Å². The first kappa shape index (κ1) is 13.8. The van der Waals surface area contributed by atoms with E-state index in [2.05, 4.69) is 36.1 Å². The number of methoxy groups -OCH3 is 1. The van der Waals surface area contributed by atoms with Crippen LogP contribution in [0.5, 0.6) is 5.75 Å². The van der Waals surface area contributed by atoms with Crippen LogP contribution in [0.3, 0.4) is 0 Å². The van der Waals surface area contributed by atoms with Gasteiger partial charge in [-0.15, -0.1) is 0 Å². The van der Waals surface area contributed by atoms with Gasteiger partial charge >= 0.3 is 0 Å². The van der Waals surface area contributed by atoms with Crippen molar-refractivity contribution in [1.82, 2.24) is 5.32 Å². The number of hydrogen-bond acceptors (Lipinski definition) is 3. The third kappa shape index (κ3) is 3.92. The van der Waals surface area contributed by atoms with E-state index in [-0.39, 0.29) is 0 Å². The Balaban J connectivity index is 1.73. The number of benzene rings is 1. The highest BCUT2D eigenvalue weighted by Gasteiger charge is 2.20. The van der Waals surface area contributed by atoms with Crippen molar-refractivity contribution < 1.29 is 4.74 Å². The van der Waals surface area contributed by atoms with Crippen molar-refractivity contribution in [3.05, 3.63) is 29.8 Å². The minimum absolute atomic E-state index is 0.696. The van der Waals surface area contributed by atoms with Gasteiger partial charge < -0.3 is 10.1 Å². The number of thioether (sulfide) groups is 1. The molecule has 1 fully saturated rings. The molecule has 100 valence electrons. The van der Waals surface area contributed by atoms with Gasteiger partial charge in [0.05, 0.1) is 7.11 Å². The summed E-state index contributed by atoms with van der Waals surface area (Å²) >= 11 is 2.10. The molecule has 2 rings (SSSR count). The summed E-state index contributed by atoms with van der Waals surface area (Å²) in [6.07, 6.45) is 3.78. The fraction of sp³-hybridized carbons (Fsp3) is 0.600. The maximum absolute atomic E-state index is 5.16. The summed E-state index contributed by atoms with van der Waals surface area (Å²) in [6, 6.07) is 9.07. The van der Waals surface area contributed by atoms with Crippen LogP contribution in [0, 0.1) is 0 Å². The van der Waals surface area contributed by atoms with E-state index in [1.54, 1.807) is 7.11 Å². The average Bonchev–Trinajstić information content (AvgIpc) is 2.42. The summed E-state index contributed by atoms with van der Waals surface area (Å²) < 4.78 is 5.16. The molecule has 0 aliphatic carbocycles. The highest BCUT2D eigenvalue weighted by molar-refractivity contribution is 7.99. The second-order valence-corrected chi connectivity index (χ2v) is 6.36. The Kier molecular flexibility index (Phi) is 5.39. The van der Waals surface area contributed by atoms with Crippen molar-refractivity contribution >= 4 is 11.8 Å². The van der Waals surface area contributed by atoms with Crippen LogP contribution in [-0.4, -0.2) is 30.7 Å². The van der Waals surface area contributed by atoms with Gasteiger partial charge in [-0.3, -0.25) is 0 Å². The van der Waals surface area contributed by atoms with Gasteiger partial charge in [0.1, 0.15) is 5.75 Å². The smallest absolute Gasteiger partial charge is 0.118 e. The van der Waals surface area contributed by atoms with E-state index in [1.807, 2.05) is 12.1 Å². The fourth-order valence-corrected chi connectivity index (χ4v) is 3.56. The van der Waals surface area contributed by atoms with Crippen LogP contribution < -0.4 is 10.1 Å². The topological polar surface area (TPSA) is 21.3 Å². The molecule has 0 aromatic heterocycles. The molecule has 2 unspecified atom stereocenters. The van der Waals surface area contributed by atoms with E-state index in [9.17, 15) is 0 Å². The molecular formula is C15H23NOS. The van der Waals surface area contributed by atoms with E-state index in [1.165, 1.54) is 24.2 Å². The van der Waals surface area contributed by atoms with Gasteiger partial charge in [0.15, 0.2) is 0 Å². The van der Waals surface area contributed by atoms with Crippen molar-refractivity contribution in [1.29, 1.82) is 0 Å². The van der Waals surface area contributed by atoms with E-state index in [4.69, 9.17) is 4.74 Å². The largest absolute Gasteiger partial charge is 0.497 e. The minimum Gasteiger partial charge on any atom is -0.497 e. The van der Waals surface area contributed by atoms with Gasteiger partial charge in [-0.2, -0.15) is 11.8 Å². The first-order valence-electron chi connectivity index (χ1n) is 6.77. The van der Waals surface area contributed by atoms with Crippen molar-refractivity contribution in [2.75, 3.05) is 19.4 Å². The number of rotatable bonds is 5. The standard InChI is InChI=1S/C15H23NOS/c1-12-15(4-3-11-18-12)16-10-9-13-5-7-14(17-2)8-6-13/h5-8,12,15-16H,3-4,9-11H2,1-2H3. The first-order chi connectivity index (χ1) is 8.79. The summed E-state index contributed by atoms with van der Waals surface area (Å²) in [6.45, 7) is 3.41. The van der Waals surface area contributed by atoms with Crippen LogP contribution in [0.25, 0.3) is 0 Å². The van der Waals surface area contributed by atoms with Crippen molar-refractivity contribution in [2.24, 2.45) is 0 Å². The van der Waals surface area contributed by atoms with Gasteiger partial charge in [0.2, 0.25) is 0 Å². The molecule has 3 heteroatoms. The molecule has 1 saturated heterocycles. The molecule has 0 bridgehead atoms. The normalized spacial score (nSPS) is 23.9. The quantitative estimate of drug-likeness (QED) is 0.884. The van der Waals surface area contributed by atoms with Crippen LogP contribution in [0.15, 0.2) is 24.3 Å². The molecule has 1 aliphatic heterocycles. The third-order valence-corrected chi connectivity index (χ3v) is 4.96. The number of hydrogen-bond donors (Lipinski definition) is 1. The molecule has 1 N–H and O–H groups in total. The van der Waals surface area contributed by atoms with Crippen LogP contribution in [-0.2, 0) is 6.42 Å². The molecule has 1 heterocycles. The Labute approximate surface area is 114 Å². The number of ether oxygens (including phenoxy) is 1. The molecule has 2 atom stereocenters. The first-order valence-corrected chi connectivity index (χ1v) is 7.82. The monoisotopic (exact) mass is 265 g/mol. The molecule has 0 saturated carbocycles. The van der Waals surface area contributed by atoms with Crippen molar-refractivity contribution in [3.8, 4) is 5.75 Å². The third-order valence-electron chi connectivity index (χ3n) is 3.59. The van der Waals surface area contributed by atoms with E-state index in [0.29, 0.717) is 6.04 Å². The maximum Gasteiger partial charge on any atom is 0.118 e. The Bertz CT molecular complexity index is 352. The van der Waals surface area contributed by atoms with Gasteiger partial charge in [-0.1, -0.05) is 19.1 Å². The molecule has 1 aromatic carbocycles. The summed E-state index contributed by atoms with van der Waals surface area (Å²) in [5.41, 5.74) is 1.37. The molecule has 0 radical (unpaired) electrons. The minimum atomic E-state index is 0.696. The lowest BCUT2D eigenvalue weighted by molar-refractivity contribution is 0.414. The molecule has 1 aliphatic rings. The molecular weight excluding hydrogens is 242 g/mol. The lowest BCUT2D eigenvalue weighted by atomic mass is 10.1. The SMILES string of the molecule is COc1ccc(CCNC2CCCSC2C)cc1. The maximum atomic E-state index is 5.16. The summed E-state index contributed by atoms with van der Waals surface area (Å²) in [4.78, 5) is 0. The van der Waals surface area contributed by atoms with Crippen LogP contribution in [0.1, 0.15) is 25.3 Å². The lowest BCUT2D eigenvalue weighted by Gasteiger charge is -2.29. The molecule has 0 amide bonds. The van der Waals surface area contributed by atoms with Crippen molar-refractivity contribution in [3.63, 3.8) is 0 Å². The Morgan fingerprint density at radius 3 is 2.78 bits per heavy atom. The van der Waals surface area contributed by atoms with E-state index < -0.39 is 0 Å². The molecule has 0 spiro atoms. The Morgan fingerprint density at radius 2 is 2.11 bits per heavy atom. The Morgan fingerprint density at radius 1 is 1.33 bits per heavy atom. The van der Waals surface area contributed by atoms with Gasteiger partial charge in [0.25, 0.3) is 0 Å². The zero-order valence-electron chi connectivity index (χ0n) is 11.3. The average molecular weight is 265 g/mol. The highest BCUT2D eigenvalue weighted by Crippen LogP contribution is 2.24. The number of nitrogens with one attached hydrogen (secondary N) is 1. The van der Waals surface area contributed by atoms with Gasteiger partial charge in [0, 0.05) is 11.3 Å². The Hall–Kier alpha value is -0.670. The zero-order chi connectivity index (χ0) is 12.8. The zero-order valence-corrected chi connectivity index (χ0v) is 12.1. The second-order valence-electron chi connectivity index (χ2n) is 4.88. The fourth-order valence-electron chi connectivity index (χ4n) is 2.39. The molecule has 1 aromatic rings. The molecule has 2 nitrogen and oxygen atoms in total. The predicted molar refractivity (Wildman–Crippen MR) is 79.6 cm³/mol. The van der Waals surface area contributed by atoms with E-state index >= 15 is 0 Å². The summed E-state index contributed by atoms with van der Waals surface area (Å²) in [7, 11) is 1.71. The van der Waals surface area contributed by atoms with Crippen molar-refractivity contribution in [2.45, 2.75) is 37.5 Å².